The fraction of sp³-hybridized carbons (Fsp3) is 0.111. The van der Waals surface area contributed by atoms with Crippen molar-refractivity contribution in [3.8, 4) is 0 Å². The standard InChI is InChI=1S/C9H9Cl/c1-7(2)8-4-3-5-9(10)6-8/h3-6H,1H2,2H3. The van der Waals surface area contributed by atoms with Gasteiger partial charge in [-0.1, -0.05) is 35.9 Å². The van der Waals surface area contributed by atoms with Gasteiger partial charge in [0.15, 0.2) is 0 Å². The van der Waals surface area contributed by atoms with E-state index in [1.54, 1.807) is 0 Å². The Kier molecular flexibility index (Phi) is 2.13. The van der Waals surface area contributed by atoms with Crippen LogP contribution < -0.4 is 0 Å². The summed E-state index contributed by atoms with van der Waals surface area (Å²) < 4.78 is 0. The Hall–Kier alpha value is -0.750. The second kappa shape index (κ2) is 2.89. The Labute approximate surface area is 66.1 Å². The summed E-state index contributed by atoms with van der Waals surface area (Å²) in [6.07, 6.45) is 0. The quantitative estimate of drug-likeness (QED) is 0.579. The van der Waals surface area contributed by atoms with Crippen molar-refractivity contribution in [2.75, 3.05) is 0 Å². The molecular weight excluding hydrogens is 144 g/mol. The summed E-state index contributed by atoms with van der Waals surface area (Å²) in [5.41, 5.74) is 2.15. The zero-order valence-electron chi connectivity index (χ0n) is 5.89. The van der Waals surface area contributed by atoms with Gasteiger partial charge < -0.3 is 0 Å². The van der Waals surface area contributed by atoms with Gasteiger partial charge in [-0.05, 0) is 24.6 Å². The van der Waals surface area contributed by atoms with E-state index in [1.165, 1.54) is 0 Å². The van der Waals surface area contributed by atoms with E-state index < -0.39 is 0 Å². The first-order chi connectivity index (χ1) is 4.70. The first-order valence-corrected chi connectivity index (χ1v) is 3.49. The van der Waals surface area contributed by atoms with Crippen LogP contribution in [-0.2, 0) is 0 Å². The Morgan fingerprint density at radius 2 is 2.20 bits per heavy atom. The highest BCUT2D eigenvalue weighted by molar-refractivity contribution is 6.30. The van der Waals surface area contributed by atoms with Crippen molar-refractivity contribution >= 4 is 17.2 Å². The molecular formula is C9H9Cl. The normalized spacial score (nSPS) is 9.40. The Balaban J connectivity index is 3.07. The second-order valence-electron chi connectivity index (χ2n) is 2.29. The van der Waals surface area contributed by atoms with Crippen LogP contribution in [0.2, 0.25) is 5.02 Å². The molecule has 1 aromatic carbocycles. The molecule has 1 aromatic rings. The number of hydrogen-bond acceptors (Lipinski definition) is 0. The summed E-state index contributed by atoms with van der Waals surface area (Å²) in [6, 6.07) is 7.68. The molecule has 0 nitrogen and oxygen atoms in total. The summed E-state index contributed by atoms with van der Waals surface area (Å²) in [6.45, 7) is 5.77. The topological polar surface area (TPSA) is 0 Å². The molecule has 1 heteroatoms. The highest BCUT2D eigenvalue weighted by atomic mass is 35.5. The molecule has 0 aromatic heterocycles. The van der Waals surface area contributed by atoms with Gasteiger partial charge in [0.25, 0.3) is 0 Å². The van der Waals surface area contributed by atoms with Crippen molar-refractivity contribution in [1.82, 2.24) is 0 Å². The maximum absolute atomic E-state index is 5.75. The Bertz CT molecular complexity index is 251. The van der Waals surface area contributed by atoms with E-state index in [-0.39, 0.29) is 0 Å². The molecule has 0 spiro atoms. The summed E-state index contributed by atoms with van der Waals surface area (Å²) in [7, 11) is 0. The minimum atomic E-state index is 0.764. The third-order valence-electron chi connectivity index (χ3n) is 1.32. The van der Waals surface area contributed by atoms with Crippen molar-refractivity contribution in [3.63, 3.8) is 0 Å². The van der Waals surface area contributed by atoms with E-state index in [9.17, 15) is 0 Å². The zero-order valence-corrected chi connectivity index (χ0v) is 6.65. The van der Waals surface area contributed by atoms with Gasteiger partial charge in [-0.3, -0.25) is 0 Å². The molecule has 0 fully saturated rings. The molecule has 0 amide bonds. The van der Waals surface area contributed by atoms with Crippen molar-refractivity contribution < 1.29 is 0 Å². The lowest BCUT2D eigenvalue weighted by Crippen LogP contribution is -1.75. The minimum absolute atomic E-state index is 0.764. The Morgan fingerprint density at radius 1 is 1.50 bits per heavy atom. The average Bonchev–Trinajstić information content (AvgIpc) is 1.88. The predicted octanol–water partition coefficient (Wildman–Crippen LogP) is 3.37. The second-order valence-corrected chi connectivity index (χ2v) is 2.73. The van der Waals surface area contributed by atoms with Gasteiger partial charge in [0.05, 0.1) is 0 Å². The van der Waals surface area contributed by atoms with Crippen LogP contribution in [0.25, 0.3) is 5.57 Å². The lowest BCUT2D eigenvalue weighted by Gasteiger charge is -1.97. The highest BCUT2D eigenvalue weighted by Crippen LogP contribution is 2.16. The van der Waals surface area contributed by atoms with E-state index in [0.29, 0.717) is 0 Å². The number of allylic oxidation sites excluding steroid dienone is 1. The van der Waals surface area contributed by atoms with Crippen LogP contribution in [0.1, 0.15) is 12.5 Å². The predicted molar refractivity (Wildman–Crippen MR) is 46.2 cm³/mol. The average molecular weight is 153 g/mol. The summed E-state index contributed by atoms with van der Waals surface area (Å²) in [4.78, 5) is 0. The summed E-state index contributed by atoms with van der Waals surface area (Å²) in [5, 5.41) is 0.764. The van der Waals surface area contributed by atoms with E-state index in [0.717, 1.165) is 16.2 Å². The zero-order chi connectivity index (χ0) is 7.56. The van der Waals surface area contributed by atoms with Crippen molar-refractivity contribution in [3.05, 3.63) is 41.4 Å². The number of hydrogen-bond donors (Lipinski definition) is 0. The molecule has 0 saturated carbocycles. The van der Waals surface area contributed by atoms with E-state index >= 15 is 0 Å². The van der Waals surface area contributed by atoms with Gasteiger partial charge in [-0.2, -0.15) is 0 Å². The van der Waals surface area contributed by atoms with Crippen LogP contribution in [0.15, 0.2) is 30.8 Å². The monoisotopic (exact) mass is 152 g/mol. The lowest BCUT2D eigenvalue weighted by atomic mass is 10.1. The molecule has 0 heterocycles. The Morgan fingerprint density at radius 3 is 2.60 bits per heavy atom. The molecule has 0 aliphatic carbocycles. The molecule has 0 unspecified atom stereocenters. The molecule has 52 valence electrons. The highest BCUT2D eigenvalue weighted by Gasteiger charge is 1.91. The SMILES string of the molecule is C=C(C)c1cccc(Cl)c1. The van der Waals surface area contributed by atoms with Crippen LogP contribution in [0.5, 0.6) is 0 Å². The minimum Gasteiger partial charge on any atom is -0.0955 e. The lowest BCUT2D eigenvalue weighted by molar-refractivity contribution is 1.58. The van der Waals surface area contributed by atoms with E-state index in [2.05, 4.69) is 6.58 Å². The van der Waals surface area contributed by atoms with E-state index in [1.807, 2.05) is 31.2 Å². The van der Waals surface area contributed by atoms with Gasteiger partial charge in [0.2, 0.25) is 0 Å². The van der Waals surface area contributed by atoms with Crippen molar-refractivity contribution in [2.45, 2.75) is 6.92 Å². The molecule has 0 aliphatic rings. The molecule has 10 heavy (non-hydrogen) atoms. The maximum Gasteiger partial charge on any atom is 0.0412 e. The molecule has 0 saturated heterocycles. The van der Waals surface area contributed by atoms with Gasteiger partial charge >= 0.3 is 0 Å². The maximum atomic E-state index is 5.75. The molecule has 0 bridgehead atoms. The van der Waals surface area contributed by atoms with Crippen molar-refractivity contribution in [2.24, 2.45) is 0 Å². The largest absolute Gasteiger partial charge is 0.0955 e. The fourth-order valence-corrected chi connectivity index (χ4v) is 0.944. The molecule has 0 N–H and O–H groups in total. The first kappa shape index (κ1) is 7.36. The smallest absolute Gasteiger partial charge is 0.0412 e. The van der Waals surface area contributed by atoms with Crippen LogP contribution in [0, 0.1) is 0 Å². The van der Waals surface area contributed by atoms with Crippen molar-refractivity contribution in [1.29, 1.82) is 0 Å². The number of rotatable bonds is 1. The molecule has 0 radical (unpaired) electrons. The number of benzene rings is 1. The van der Waals surface area contributed by atoms with Gasteiger partial charge in [0.1, 0.15) is 0 Å². The molecule has 0 aliphatic heterocycles. The summed E-state index contributed by atoms with van der Waals surface area (Å²) in [5.74, 6) is 0. The van der Waals surface area contributed by atoms with Gasteiger partial charge in [-0.25, -0.2) is 0 Å². The molecule has 1 rings (SSSR count). The number of halogens is 1. The van der Waals surface area contributed by atoms with Crippen LogP contribution in [0.3, 0.4) is 0 Å². The first-order valence-electron chi connectivity index (χ1n) is 3.11. The fourth-order valence-electron chi connectivity index (χ4n) is 0.754. The third-order valence-corrected chi connectivity index (χ3v) is 1.55. The van der Waals surface area contributed by atoms with Crippen LogP contribution in [0.4, 0.5) is 0 Å². The molecule has 0 atom stereocenters. The van der Waals surface area contributed by atoms with Crippen LogP contribution in [-0.4, -0.2) is 0 Å². The van der Waals surface area contributed by atoms with Gasteiger partial charge in [-0.15, -0.1) is 0 Å². The third kappa shape index (κ3) is 1.61. The van der Waals surface area contributed by atoms with Gasteiger partial charge in [0, 0.05) is 5.02 Å². The summed E-state index contributed by atoms with van der Waals surface area (Å²) >= 11 is 5.75. The van der Waals surface area contributed by atoms with E-state index in [4.69, 9.17) is 11.6 Å². The van der Waals surface area contributed by atoms with Crippen LogP contribution >= 0.6 is 11.6 Å².